The van der Waals surface area contributed by atoms with Gasteiger partial charge in [0.15, 0.2) is 5.69 Å². The summed E-state index contributed by atoms with van der Waals surface area (Å²) in [6, 6.07) is -0.253. The topological polar surface area (TPSA) is 105 Å². The van der Waals surface area contributed by atoms with E-state index in [1.165, 1.54) is 12.5 Å². The van der Waals surface area contributed by atoms with Crippen LogP contribution in [0.2, 0.25) is 0 Å². The number of carboxylic acids is 1. The lowest BCUT2D eigenvalue weighted by Gasteiger charge is -2.23. The maximum Gasteiger partial charge on any atom is 0.356 e. The molecule has 0 spiro atoms. The van der Waals surface area contributed by atoms with Crippen LogP contribution in [0.15, 0.2) is 12.5 Å². The predicted molar refractivity (Wildman–Crippen MR) is 69.6 cm³/mol. The lowest BCUT2D eigenvalue weighted by Crippen LogP contribution is -2.51. The van der Waals surface area contributed by atoms with E-state index >= 15 is 0 Å². The molecule has 2 amide bonds. The number of urea groups is 1. The number of amides is 2. The maximum absolute atomic E-state index is 11.7. The monoisotopic (exact) mass is 282 g/mol. The smallest absolute Gasteiger partial charge is 0.356 e. The molecule has 1 atom stereocenters. The number of rotatable bonds is 5. The number of imidazole rings is 1. The fourth-order valence-corrected chi connectivity index (χ4v) is 1.98. The van der Waals surface area contributed by atoms with Crippen LogP contribution < -0.4 is 10.6 Å². The van der Waals surface area contributed by atoms with Gasteiger partial charge in [0, 0.05) is 25.9 Å². The number of carboxylic acid groups (broad SMARTS) is 1. The Morgan fingerprint density at radius 1 is 1.60 bits per heavy atom. The Morgan fingerprint density at radius 2 is 2.40 bits per heavy atom. The van der Waals surface area contributed by atoms with E-state index in [0.29, 0.717) is 26.3 Å². The summed E-state index contributed by atoms with van der Waals surface area (Å²) >= 11 is 0. The quantitative estimate of drug-likeness (QED) is 0.708. The first kappa shape index (κ1) is 14.3. The molecule has 20 heavy (non-hydrogen) atoms. The van der Waals surface area contributed by atoms with Crippen molar-refractivity contribution in [2.45, 2.75) is 25.4 Å². The van der Waals surface area contributed by atoms with E-state index in [2.05, 4.69) is 15.6 Å². The summed E-state index contributed by atoms with van der Waals surface area (Å²) in [6.45, 7) is 3.96. The third kappa shape index (κ3) is 3.70. The van der Waals surface area contributed by atoms with Gasteiger partial charge in [-0.1, -0.05) is 0 Å². The number of nitrogens with one attached hydrogen (secondary N) is 2. The van der Waals surface area contributed by atoms with E-state index in [1.54, 1.807) is 4.57 Å². The zero-order valence-electron chi connectivity index (χ0n) is 11.3. The highest BCUT2D eigenvalue weighted by Crippen LogP contribution is 2.16. The van der Waals surface area contributed by atoms with Gasteiger partial charge < -0.3 is 25.0 Å². The minimum atomic E-state index is -1.07. The van der Waals surface area contributed by atoms with Crippen LogP contribution in [0.4, 0.5) is 4.79 Å². The highest BCUT2D eigenvalue weighted by Gasteiger charge is 2.30. The molecule has 0 radical (unpaired) electrons. The van der Waals surface area contributed by atoms with Crippen LogP contribution in [0.5, 0.6) is 0 Å². The molecule has 1 unspecified atom stereocenters. The molecule has 2 rings (SSSR count). The minimum absolute atomic E-state index is 0.00920. The van der Waals surface area contributed by atoms with Gasteiger partial charge in [0.25, 0.3) is 0 Å². The highest BCUT2D eigenvalue weighted by molar-refractivity contribution is 5.84. The van der Waals surface area contributed by atoms with Crippen LogP contribution in [0.3, 0.4) is 0 Å². The van der Waals surface area contributed by atoms with Gasteiger partial charge >= 0.3 is 12.0 Å². The number of carbonyl (C=O) groups is 2. The Labute approximate surface area is 116 Å². The molecule has 0 aromatic carbocycles. The molecule has 0 aliphatic carbocycles. The number of ether oxygens (including phenoxy) is 1. The van der Waals surface area contributed by atoms with Crippen molar-refractivity contribution in [3.63, 3.8) is 0 Å². The molecule has 3 N–H and O–H groups in total. The predicted octanol–water partition coefficient (Wildman–Crippen LogP) is 0.0595. The minimum Gasteiger partial charge on any atom is -0.476 e. The average Bonchev–Trinajstić information content (AvgIpc) is 2.98. The molecular formula is C12H18N4O4. The van der Waals surface area contributed by atoms with E-state index in [1.807, 2.05) is 6.92 Å². The van der Waals surface area contributed by atoms with Crippen LogP contribution in [-0.2, 0) is 11.3 Å². The van der Waals surface area contributed by atoms with Crippen molar-refractivity contribution in [2.75, 3.05) is 19.8 Å². The summed E-state index contributed by atoms with van der Waals surface area (Å²) in [5.74, 6) is -1.07. The van der Waals surface area contributed by atoms with Crippen LogP contribution >= 0.6 is 0 Å². The molecule has 1 saturated heterocycles. The SMILES string of the molecule is CC1(NC(=O)NCCn2cnc(C(=O)O)c2)CCOC1. The first-order valence-corrected chi connectivity index (χ1v) is 6.37. The number of hydrogen-bond acceptors (Lipinski definition) is 4. The van der Waals surface area contributed by atoms with Gasteiger partial charge in [-0.05, 0) is 13.3 Å². The molecule has 1 aromatic rings. The summed E-state index contributed by atoms with van der Waals surface area (Å²) in [6.07, 6.45) is 3.65. The van der Waals surface area contributed by atoms with Crippen molar-refractivity contribution in [2.24, 2.45) is 0 Å². The van der Waals surface area contributed by atoms with E-state index in [4.69, 9.17) is 9.84 Å². The second kappa shape index (κ2) is 5.91. The second-order valence-corrected chi connectivity index (χ2v) is 5.05. The molecular weight excluding hydrogens is 264 g/mol. The van der Waals surface area contributed by atoms with Crippen LogP contribution in [0, 0.1) is 0 Å². The zero-order chi connectivity index (χ0) is 14.6. The molecule has 2 heterocycles. The van der Waals surface area contributed by atoms with Crippen molar-refractivity contribution < 1.29 is 19.4 Å². The fraction of sp³-hybridized carbons (Fsp3) is 0.583. The second-order valence-electron chi connectivity index (χ2n) is 5.05. The largest absolute Gasteiger partial charge is 0.476 e. The molecule has 1 aliphatic heterocycles. The lowest BCUT2D eigenvalue weighted by atomic mass is 10.0. The Kier molecular flexibility index (Phi) is 4.23. The van der Waals surface area contributed by atoms with E-state index in [9.17, 15) is 9.59 Å². The van der Waals surface area contributed by atoms with Gasteiger partial charge in [-0.2, -0.15) is 0 Å². The summed E-state index contributed by atoms with van der Waals surface area (Å²) in [5.41, 5.74) is -0.319. The van der Waals surface area contributed by atoms with Gasteiger partial charge in [-0.15, -0.1) is 0 Å². The van der Waals surface area contributed by atoms with E-state index in [-0.39, 0.29) is 17.3 Å². The van der Waals surface area contributed by atoms with Crippen LogP contribution in [0.1, 0.15) is 23.8 Å². The van der Waals surface area contributed by atoms with Gasteiger partial charge in [0.05, 0.1) is 18.5 Å². The van der Waals surface area contributed by atoms with E-state index < -0.39 is 5.97 Å². The molecule has 110 valence electrons. The van der Waals surface area contributed by atoms with Gasteiger partial charge in [0.2, 0.25) is 0 Å². The first-order chi connectivity index (χ1) is 9.48. The lowest BCUT2D eigenvalue weighted by molar-refractivity contribution is 0.0691. The molecule has 1 aromatic heterocycles. The zero-order valence-corrected chi connectivity index (χ0v) is 11.3. The third-order valence-corrected chi connectivity index (χ3v) is 3.14. The van der Waals surface area contributed by atoms with Gasteiger partial charge in [0.1, 0.15) is 0 Å². The number of aromatic nitrogens is 2. The fourth-order valence-electron chi connectivity index (χ4n) is 1.98. The summed E-state index contributed by atoms with van der Waals surface area (Å²) in [4.78, 5) is 26.1. The first-order valence-electron chi connectivity index (χ1n) is 6.37. The Bertz CT molecular complexity index is 493. The van der Waals surface area contributed by atoms with Crippen molar-refractivity contribution in [1.82, 2.24) is 20.2 Å². The molecule has 1 fully saturated rings. The molecule has 0 saturated carbocycles. The number of hydrogen-bond donors (Lipinski definition) is 3. The summed E-state index contributed by atoms with van der Waals surface area (Å²) < 4.78 is 6.86. The third-order valence-electron chi connectivity index (χ3n) is 3.14. The van der Waals surface area contributed by atoms with E-state index in [0.717, 1.165) is 6.42 Å². The van der Waals surface area contributed by atoms with Crippen LogP contribution in [-0.4, -0.2) is 52.0 Å². The standard InChI is InChI=1S/C12H18N4O4/c1-12(2-5-20-7-12)15-11(19)13-3-4-16-6-9(10(17)18)14-8-16/h6,8H,2-5,7H2,1H3,(H,17,18)(H2,13,15,19). The Balaban J connectivity index is 1.72. The van der Waals surface area contributed by atoms with Crippen molar-refractivity contribution in [1.29, 1.82) is 0 Å². The van der Waals surface area contributed by atoms with Crippen molar-refractivity contribution in [3.8, 4) is 0 Å². The normalized spacial score (nSPS) is 21.6. The Morgan fingerprint density at radius 3 is 3.00 bits per heavy atom. The average molecular weight is 282 g/mol. The van der Waals surface area contributed by atoms with Crippen molar-refractivity contribution >= 4 is 12.0 Å². The molecule has 8 nitrogen and oxygen atoms in total. The summed E-state index contributed by atoms with van der Waals surface area (Å²) in [5, 5.41) is 14.3. The number of carbonyl (C=O) groups excluding carboxylic acids is 1. The Hall–Kier alpha value is -2.09. The number of nitrogens with zero attached hydrogens (tertiary/aromatic N) is 2. The summed E-state index contributed by atoms with van der Waals surface area (Å²) in [7, 11) is 0. The van der Waals surface area contributed by atoms with Crippen LogP contribution in [0.25, 0.3) is 0 Å². The maximum atomic E-state index is 11.7. The molecule has 8 heteroatoms. The van der Waals surface area contributed by atoms with Crippen molar-refractivity contribution in [3.05, 3.63) is 18.2 Å². The van der Waals surface area contributed by atoms with Gasteiger partial charge in [-0.25, -0.2) is 14.6 Å². The highest BCUT2D eigenvalue weighted by atomic mass is 16.5. The molecule has 1 aliphatic rings. The number of aromatic carboxylic acids is 1. The van der Waals surface area contributed by atoms with Gasteiger partial charge in [-0.3, -0.25) is 0 Å². The molecule has 0 bridgehead atoms.